The number of fused-ring (bicyclic) bond motifs is 1. The van der Waals surface area contributed by atoms with Gasteiger partial charge in [-0.1, -0.05) is 49.4 Å². The lowest BCUT2D eigenvalue weighted by molar-refractivity contribution is -0.119. The molecule has 1 aliphatic carbocycles. The van der Waals surface area contributed by atoms with E-state index < -0.39 is 0 Å². The summed E-state index contributed by atoms with van der Waals surface area (Å²) in [6, 6.07) is 19.0. The number of amides is 1. The van der Waals surface area contributed by atoms with Crippen molar-refractivity contribution in [3.05, 3.63) is 60.2 Å². The Bertz CT molecular complexity index is 787. The first-order chi connectivity index (χ1) is 13.7. The van der Waals surface area contributed by atoms with Crippen molar-refractivity contribution in [2.45, 2.75) is 32.1 Å². The van der Waals surface area contributed by atoms with Crippen LogP contribution in [0.25, 0.3) is 0 Å². The maximum absolute atomic E-state index is 12.7. The highest BCUT2D eigenvalue weighted by atomic mass is 16.2. The Kier molecular flexibility index (Phi) is 5.84. The number of hydrogen-bond donors (Lipinski definition) is 1. The van der Waals surface area contributed by atoms with Crippen molar-refractivity contribution >= 4 is 17.3 Å². The summed E-state index contributed by atoms with van der Waals surface area (Å²) in [7, 11) is 0. The molecule has 4 rings (SSSR count). The Morgan fingerprint density at radius 1 is 1.00 bits per heavy atom. The van der Waals surface area contributed by atoms with E-state index in [1.54, 1.807) is 0 Å². The summed E-state index contributed by atoms with van der Waals surface area (Å²) in [5.41, 5.74) is 3.77. The minimum atomic E-state index is 0.111. The Morgan fingerprint density at radius 3 is 2.32 bits per heavy atom. The molecule has 1 atom stereocenters. The number of hydrogen-bond acceptors (Lipinski definition) is 3. The summed E-state index contributed by atoms with van der Waals surface area (Å²) in [5.74, 6) is 1.35. The predicted octanol–water partition coefficient (Wildman–Crippen LogP) is 4.03. The fourth-order valence-corrected chi connectivity index (χ4v) is 4.14. The first kappa shape index (κ1) is 18.9. The first-order valence-electron chi connectivity index (χ1n) is 10.6. The van der Waals surface area contributed by atoms with E-state index in [9.17, 15) is 4.79 Å². The van der Waals surface area contributed by atoms with Crippen LogP contribution in [-0.2, 0) is 4.79 Å². The van der Waals surface area contributed by atoms with E-state index in [4.69, 9.17) is 0 Å². The van der Waals surface area contributed by atoms with Crippen LogP contribution in [0.4, 0.5) is 11.4 Å². The van der Waals surface area contributed by atoms with Gasteiger partial charge in [0.1, 0.15) is 0 Å². The van der Waals surface area contributed by atoms with Crippen molar-refractivity contribution in [3.63, 3.8) is 0 Å². The average molecular weight is 378 g/mol. The smallest absolute Gasteiger partial charge is 0.239 e. The number of nitrogens with one attached hydrogen (secondary N) is 1. The average Bonchev–Trinajstić information content (AvgIpc) is 3.55. The van der Waals surface area contributed by atoms with Crippen LogP contribution in [0.5, 0.6) is 0 Å². The zero-order valence-corrected chi connectivity index (χ0v) is 16.8. The third-order valence-electron chi connectivity index (χ3n) is 6.02. The second-order valence-electron chi connectivity index (χ2n) is 8.12. The maximum atomic E-state index is 12.7. The number of carbonyl (C=O) groups excluding carboxylic acids is 1. The number of anilines is 2. The third-order valence-corrected chi connectivity index (χ3v) is 6.02. The van der Waals surface area contributed by atoms with Crippen molar-refractivity contribution < 1.29 is 4.79 Å². The quantitative estimate of drug-likeness (QED) is 0.754. The monoisotopic (exact) mass is 377 g/mol. The third kappa shape index (κ3) is 4.49. The second-order valence-corrected chi connectivity index (χ2v) is 8.12. The van der Waals surface area contributed by atoms with Gasteiger partial charge in [0.2, 0.25) is 5.91 Å². The van der Waals surface area contributed by atoms with Gasteiger partial charge in [-0.3, -0.25) is 4.79 Å². The molecule has 4 nitrogen and oxygen atoms in total. The molecular weight excluding hydrogens is 346 g/mol. The molecule has 28 heavy (non-hydrogen) atoms. The van der Waals surface area contributed by atoms with Crippen LogP contribution in [0.15, 0.2) is 54.6 Å². The van der Waals surface area contributed by atoms with Crippen LogP contribution in [0, 0.1) is 5.92 Å². The van der Waals surface area contributed by atoms with Gasteiger partial charge < -0.3 is 15.1 Å². The molecule has 1 heterocycles. The lowest BCUT2D eigenvalue weighted by Gasteiger charge is -2.38. The van der Waals surface area contributed by atoms with Crippen molar-refractivity contribution in [3.8, 4) is 0 Å². The van der Waals surface area contributed by atoms with Gasteiger partial charge in [0.15, 0.2) is 0 Å². The van der Waals surface area contributed by atoms with Crippen molar-refractivity contribution in [2.24, 2.45) is 5.92 Å². The van der Waals surface area contributed by atoms with Crippen molar-refractivity contribution in [1.82, 2.24) is 5.32 Å². The fourth-order valence-electron chi connectivity index (χ4n) is 4.14. The molecule has 2 aromatic carbocycles. The van der Waals surface area contributed by atoms with Gasteiger partial charge in [0.05, 0.1) is 17.9 Å². The number of rotatable bonds is 8. The van der Waals surface area contributed by atoms with E-state index in [2.05, 4.69) is 70.6 Å². The Hall–Kier alpha value is -2.49. The molecule has 1 saturated carbocycles. The molecule has 1 unspecified atom stereocenters. The molecule has 1 aliphatic heterocycles. The summed E-state index contributed by atoms with van der Waals surface area (Å²) in [6.45, 7) is 6.38. The molecule has 0 spiro atoms. The second kappa shape index (κ2) is 8.68. The molecular formula is C24H31N3O. The fraction of sp³-hybridized carbons (Fsp3) is 0.458. The first-order valence-corrected chi connectivity index (χ1v) is 10.6. The molecule has 0 bridgehead atoms. The highest BCUT2D eigenvalue weighted by molar-refractivity contribution is 5.84. The van der Waals surface area contributed by atoms with Crippen LogP contribution in [0.3, 0.4) is 0 Å². The minimum absolute atomic E-state index is 0.111. The zero-order chi connectivity index (χ0) is 19.3. The molecule has 1 N–H and O–H groups in total. The zero-order valence-electron chi connectivity index (χ0n) is 16.8. The SMILES string of the molecule is CCC(CNC(=O)CN1CCN(CC2CC2)c2ccccc21)c1ccccc1. The van der Waals surface area contributed by atoms with Crippen LogP contribution in [0.1, 0.15) is 37.7 Å². The van der Waals surface area contributed by atoms with E-state index >= 15 is 0 Å². The number of benzene rings is 2. The van der Waals surface area contributed by atoms with Crippen molar-refractivity contribution in [2.75, 3.05) is 42.5 Å². The van der Waals surface area contributed by atoms with Gasteiger partial charge >= 0.3 is 0 Å². The molecule has 2 aliphatic rings. The predicted molar refractivity (Wildman–Crippen MR) is 116 cm³/mol. The van der Waals surface area contributed by atoms with Gasteiger partial charge in [-0.15, -0.1) is 0 Å². The Morgan fingerprint density at radius 2 is 1.64 bits per heavy atom. The number of nitrogens with zero attached hydrogens (tertiary/aromatic N) is 2. The molecule has 148 valence electrons. The standard InChI is InChI=1S/C24H31N3O/c1-2-20(21-8-4-3-5-9-21)16-25-24(28)18-27-15-14-26(17-19-12-13-19)22-10-6-7-11-23(22)27/h3-11,19-20H,2,12-18H2,1H3,(H,25,28). The summed E-state index contributed by atoms with van der Waals surface area (Å²) < 4.78 is 0. The Balaban J connectivity index is 1.36. The van der Waals surface area contributed by atoms with Crippen LogP contribution in [-0.4, -0.2) is 38.6 Å². The molecule has 2 aromatic rings. The van der Waals surface area contributed by atoms with Gasteiger partial charge in [0.25, 0.3) is 0 Å². The normalized spacial score (nSPS) is 17.2. The minimum Gasteiger partial charge on any atom is -0.368 e. The maximum Gasteiger partial charge on any atom is 0.239 e. The van der Waals surface area contributed by atoms with Gasteiger partial charge in [-0.25, -0.2) is 0 Å². The van der Waals surface area contributed by atoms with Gasteiger partial charge in [0, 0.05) is 32.1 Å². The highest BCUT2D eigenvalue weighted by Crippen LogP contribution is 2.37. The highest BCUT2D eigenvalue weighted by Gasteiger charge is 2.29. The number of carbonyl (C=O) groups is 1. The summed E-state index contributed by atoms with van der Waals surface area (Å²) in [6.07, 6.45) is 3.75. The van der Waals surface area contributed by atoms with Crippen molar-refractivity contribution in [1.29, 1.82) is 0 Å². The van der Waals surface area contributed by atoms with E-state index in [0.717, 1.165) is 32.0 Å². The van der Waals surface area contributed by atoms with Crippen LogP contribution >= 0.6 is 0 Å². The largest absolute Gasteiger partial charge is 0.368 e. The molecule has 0 radical (unpaired) electrons. The lowest BCUT2D eigenvalue weighted by atomic mass is 9.96. The molecule has 4 heteroatoms. The van der Waals surface area contributed by atoms with Crippen LogP contribution in [0.2, 0.25) is 0 Å². The van der Waals surface area contributed by atoms with E-state index in [1.807, 2.05) is 6.07 Å². The van der Waals surface area contributed by atoms with E-state index in [1.165, 1.54) is 29.8 Å². The van der Waals surface area contributed by atoms with Gasteiger partial charge in [-0.2, -0.15) is 0 Å². The molecule has 0 aromatic heterocycles. The lowest BCUT2D eigenvalue weighted by Crippen LogP contribution is -2.46. The summed E-state index contributed by atoms with van der Waals surface area (Å²) in [5, 5.41) is 3.17. The Labute approximate surface area is 168 Å². The topological polar surface area (TPSA) is 35.6 Å². The van der Waals surface area contributed by atoms with E-state index in [0.29, 0.717) is 19.0 Å². The van der Waals surface area contributed by atoms with E-state index in [-0.39, 0.29) is 5.91 Å². The van der Waals surface area contributed by atoms with Gasteiger partial charge in [-0.05, 0) is 42.9 Å². The summed E-state index contributed by atoms with van der Waals surface area (Å²) >= 11 is 0. The number of para-hydroxylation sites is 2. The summed E-state index contributed by atoms with van der Waals surface area (Å²) in [4.78, 5) is 17.4. The van der Waals surface area contributed by atoms with Crippen LogP contribution < -0.4 is 15.1 Å². The molecule has 1 amide bonds. The molecule has 1 fully saturated rings. The molecule has 0 saturated heterocycles.